The van der Waals surface area contributed by atoms with Gasteiger partial charge < -0.3 is 14.8 Å². The van der Waals surface area contributed by atoms with Crippen LogP contribution in [-0.4, -0.2) is 51.5 Å². The lowest BCUT2D eigenvalue weighted by Crippen LogP contribution is -2.26. The maximum Gasteiger partial charge on any atom is 0.230 e. The van der Waals surface area contributed by atoms with E-state index >= 15 is 0 Å². The molecule has 1 aliphatic rings. The minimum Gasteiger partial charge on any atom is -0.351 e. The smallest absolute Gasteiger partial charge is 0.230 e. The minimum atomic E-state index is 0.110. The summed E-state index contributed by atoms with van der Waals surface area (Å²) in [5.74, 6) is 2.69. The molecule has 0 unspecified atom stereocenters. The first kappa shape index (κ1) is 17.3. The Balaban J connectivity index is 1.40. The van der Waals surface area contributed by atoms with Gasteiger partial charge >= 0.3 is 0 Å². The van der Waals surface area contributed by atoms with Crippen molar-refractivity contribution >= 4 is 28.7 Å². The Morgan fingerprint density at radius 3 is 2.92 bits per heavy atom. The van der Waals surface area contributed by atoms with Gasteiger partial charge in [-0.1, -0.05) is 6.07 Å². The van der Waals surface area contributed by atoms with Gasteiger partial charge in [-0.05, 0) is 50.6 Å². The van der Waals surface area contributed by atoms with Gasteiger partial charge in [0.05, 0.1) is 16.8 Å². The summed E-state index contributed by atoms with van der Waals surface area (Å²) >= 11 is 1.72. The number of nitrogens with zero attached hydrogens (tertiary/aromatic N) is 3. The number of hydrogen-bond donors (Lipinski definition) is 1. The lowest BCUT2D eigenvalue weighted by atomic mass is 10.2. The van der Waals surface area contributed by atoms with Crippen LogP contribution in [0.1, 0.15) is 24.2 Å². The van der Waals surface area contributed by atoms with Crippen LogP contribution in [0.4, 0.5) is 0 Å². The number of benzene rings is 1. The van der Waals surface area contributed by atoms with Gasteiger partial charge in [0.2, 0.25) is 5.91 Å². The number of hydrogen-bond acceptors (Lipinski definition) is 4. The third-order valence-electron chi connectivity index (χ3n) is 4.64. The number of imidazole rings is 1. The number of aromatic nitrogens is 2. The number of fused-ring (bicyclic) bond motifs is 1. The van der Waals surface area contributed by atoms with Gasteiger partial charge in [-0.2, -0.15) is 11.8 Å². The molecule has 2 heterocycles. The summed E-state index contributed by atoms with van der Waals surface area (Å²) < 4.78 is 2.08. The summed E-state index contributed by atoms with van der Waals surface area (Å²) in [6, 6.07) is 6.19. The normalized spacial score (nSPS) is 15.2. The highest BCUT2D eigenvalue weighted by atomic mass is 32.2. The van der Waals surface area contributed by atoms with Crippen LogP contribution < -0.4 is 5.32 Å². The van der Waals surface area contributed by atoms with E-state index in [0.717, 1.165) is 34.7 Å². The monoisotopic (exact) mass is 346 g/mol. The molecule has 5 nitrogen and oxygen atoms in total. The average molecular weight is 347 g/mol. The van der Waals surface area contributed by atoms with Crippen molar-refractivity contribution in [1.29, 1.82) is 0 Å². The Labute approximate surface area is 147 Å². The molecular weight excluding hydrogens is 320 g/mol. The molecule has 130 valence electrons. The summed E-state index contributed by atoms with van der Waals surface area (Å²) in [6.45, 7) is 6.12. The van der Waals surface area contributed by atoms with Crippen LogP contribution >= 0.6 is 11.8 Å². The van der Waals surface area contributed by atoms with Crippen molar-refractivity contribution in [2.75, 3.05) is 31.1 Å². The van der Waals surface area contributed by atoms with Gasteiger partial charge in [0, 0.05) is 25.9 Å². The van der Waals surface area contributed by atoms with Crippen LogP contribution in [0.25, 0.3) is 11.0 Å². The predicted octanol–water partition coefficient (Wildman–Crippen LogP) is 2.33. The number of aryl methyl sites for hydroxylation is 2. The van der Waals surface area contributed by atoms with Crippen LogP contribution in [0.3, 0.4) is 0 Å². The van der Waals surface area contributed by atoms with Gasteiger partial charge in [-0.3, -0.25) is 4.79 Å². The van der Waals surface area contributed by atoms with E-state index in [4.69, 9.17) is 0 Å². The Morgan fingerprint density at radius 2 is 2.12 bits per heavy atom. The standard InChI is InChI=1S/C18H26N4OS/c1-14-20-16-11-15(5-6-17(16)21(14)2)12-19-18(23)13-24-10-9-22-7-3-4-8-22/h5-6,11H,3-4,7-10,12-13H2,1-2H3,(H,19,23). The summed E-state index contributed by atoms with van der Waals surface area (Å²) in [7, 11) is 2.02. The molecule has 0 spiro atoms. The second kappa shape index (κ2) is 8.03. The van der Waals surface area contributed by atoms with Gasteiger partial charge in [0.1, 0.15) is 5.82 Å². The Kier molecular flexibility index (Phi) is 5.79. The van der Waals surface area contributed by atoms with Crippen molar-refractivity contribution in [3.05, 3.63) is 29.6 Å². The number of likely N-dealkylation sites (tertiary alicyclic amines) is 1. The minimum absolute atomic E-state index is 0.110. The Hall–Kier alpha value is -1.53. The van der Waals surface area contributed by atoms with Gasteiger partial charge in [0.15, 0.2) is 0 Å². The average Bonchev–Trinajstić information content (AvgIpc) is 3.18. The first-order valence-corrected chi connectivity index (χ1v) is 9.78. The molecular formula is C18H26N4OS. The highest BCUT2D eigenvalue weighted by molar-refractivity contribution is 7.99. The van der Waals surface area contributed by atoms with Crippen molar-refractivity contribution in [3.63, 3.8) is 0 Å². The second-order valence-corrected chi connectivity index (χ2v) is 7.52. The summed E-state index contributed by atoms with van der Waals surface area (Å²) in [5.41, 5.74) is 3.21. The number of nitrogens with one attached hydrogen (secondary N) is 1. The Morgan fingerprint density at radius 1 is 1.33 bits per heavy atom. The number of carbonyl (C=O) groups is 1. The first-order chi connectivity index (χ1) is 11.6. The summed E-state index contributed by atoms with van der Waals surface area (Å²) in [4.78, 5) is 19.0. The van der Waals surface area contributed by atoms with Crippen LogP contribution in [-0.2, 0) is 18.4 Å². The zero-order chi connectivity index (χ0) is 16.9. The maximum atomic E-state index is 12.0. The fourth-order valence-electron chi connectivity index (χ4n) is 3.09. The SMILES string of the molecule is Cc1nc2cc(CNC(=O)CSCCN3CCCC3)ccc2n1C. The van der Waals surface area contributed by atoms with E-state index in [9.17, 15) is 4.79 Å². The largest absolute Gasteiger partial charge is 0.351 e. The number of thioether (sulfide) groups is 1. The van der Waals surface area contributed by atoms with Gasteiger partial charge in [-0.15, -0.1) is 0 Å². The lowest BCUT2D eigenvalue weighted by Gasteiger charge is -2.13. The number of rotatable bonds is 7. The molecule has 1 aliphatic heterocycles. The molecule has 3 rings (SSSR count). The summed E-state index contributed by atoms with van der Waals surface area (Å²) in [6.07, 6.45) is 2.65. The van der Waals surface area contributed by atoms with E-state index in [2.05, 4.69) is 38.0 Å². The fraction of sp³-hybridized carbons (Fsp3) is 0.556. The van der Waals surface area contributed by atoms with E-state index in [0.29, 0.717) is 12.3 Å². The van der Waals surface area contributed by atoms with Crippen molar-refractivity contribution in [1.82, 2.24) is 19.8 Å². The molecule has 0 saturated carbocycles. The number of amides is 1. The number of carbonyl (C=O) groups excluding carboxylic acids is 1. The van der Waals surface area contributed by atoms with Crippen LogP contribution in [0.15, 0.2) is 18.2 Å². The van der Waals surface area contributed by atoms with Crippen LogP contribution in [0.2, 0.25) is 0 Å². The van der Waals surface area contributed by atoms with Gasteiger partial charge in [-0.25, -0.2) is 4.98 Å². The maximum absolute atomic E-state index is 12.0. The highest BCUT2D eigenvalue weighted by Crippen LogP contribution is 2.16. The first-order valence-electron chi connectivity index (χ1n) is 8.62. The molecule has 6 heteroatoms. The van der Waals surface area contributed by atoms with E-state index in [1.165, 1.54) is 25.9 Å². The topological polar surface area (TPSA) is 50.2 Å². The highest BCUT2D eigenvalue weighted by Gasteiger charge is 2.11. The second-order valence-electron chi connectivity index (χ2n) is 6.42. The van der Waals surface area contributed by atoms with Crippen molar-refractivity contribution in [3.8, 4) is 0 Å². The molecule has 2 aromatic rings. The third-order valence-corrected chi connectivity index (χ3v) is 5.58. The molecule has 0 bridgehead atoms. The summed E-state index contributed by atoms with van der Waals surface area (Å²) in [5, 5.41) is 3.01. The molecule has 0 atom stereocenters. The van der Waals surface area contributed by atoms with E-state index in [1.807, 2.05) is 14.0 Å². The van der Waals surface area contributed by atoms with Crippen molar-refractivity contribution in [2.45, 2.75) is 26.3 Å². The van der Waals surface area contributed by atoms with E-state index < -0.39 is 0 Å². The molecule has 1 amide bonds. The zero-order valence-electron chi connectivity index (χ0n) is 14.5. The molecule has 24 heavy (non-hydrogen) atoms. The van der Waals surface area contributed by atoms with E-state index in [1.54, 1.807) is 11.8 Å². The van der Waals surface area contributed by atoms with Crippen LogP contribution in [0, 0.1) is 6.92 Å². The van der Waals surface area contributed by atoms with Crippen molar-refractivity contribution < 1.29 is 4.79 Å². The molecule has 1 aromatic carbocycles. The fourth-order valence-corrected chi connectivity index (χ4v) is 3.91. The molecule has 0 aliphatic carbocycles. The lowest BCUT2D eigenvalue weighted by molar-refractivity contribution is -0.118. The zero-order valence-corrected chi connectivity index (χ0v) is 15.4. The molecule has 1 aromatic heterocycles. The molecule has 0 radical (unpaired) electrons. The van der Waals surface area contributed by atoms with Crippen LogP contribution in [0.5, 0.6) is 0 Å². The predicted molar refractivity (Wildman–Crippen MR) is 100 cm³/mol. The van der Waals surface area contributed by atoms with Gasteiger partial charge in [0.25, 0.3) is 0 Å². The Bertz CT molecular complexity index is 706. The van der Waals surface area contributed by atoms with E-state index in [-0.39, 0.29) is 5.91 Å². The third kappa shape index (κ3) is 4.30. The molecule has 1 fully saturated rings. The molecule has 1 saturated heterocycles. The van der Waals surface area contributed by atoms with Crippen molar-refractivity contribution in [2.24, 2.45) is 7.05 Å². The molecule has 1 N–H and O–H groups in total. The quantitative estimate of drug-likeness (QED) is 0.782.